The van der Waals surface area contributed by atoms with Gasteiger partial charge in [0.1, 0.15) is 0 Å². The molecule has 1 aliphatic rings. The maximum atomic E-state index is 12.9. The number of rotatable bonds is 2. The first-order valence-electron chi connectivity index (χ1n) is 5.03. The zero-order valence-electron chi connectivity index (χ0n) is 8.87. The van der Waals surface area contributed by atoms with Crippen molar-refractivity contribution in [3.05, 3.63) is 35.4 Å². The summed E-state index contributed by atoms with van der Waals surface area (Å²) in [6, 6.07) is 3.51. The van der Waals surface area contributed by atoms with E-state index in [2.05, 4.69) is 5.32 Å². The number of imide groups is 1. The number of carbonyl (C=O) groups excluding carboxylic acids is 2. The summed E-state index contributed by atoms with van der Waals surface area (Å²) in [6.07, 6.45) is 0. The van der Waals surface area contributed by atoms with Gasteiger partial charge in [-0.15, -0.1) is 0 Å². The Morgan fingerprint density at radius 1 is 1.12 bits per heavy atom. The molecule has 1 heterocycles. The Morgan fingerprint density at radius 2 is 1.76 bits per heavy atom. The van der Waals surface area contributed by atoms with Gasteiger partial charge in [-0.05, 0) is 17.7 Å². The third kappa shape index (κ3) is 2.85. The van der Waals surface area contributed by atoms with E-state index in [1.807, 2.05) is 0 Å². The van der Waals surface area contributed by atoms with Crippen molar-refractivity contribution in [1.82, 2.24) is 10.2 Å². The molecule has 6 heteroatoms. The average Bonchev–Trinajstić information content (AvgIpc) is 2.22. The molecule has 4 nitrogen and oxygen atoms in total. The maximum absolute atomic E-state index is 12.9. The summed E-state index contributed by atoms with van der Waals surface area (Å²) in [5.74, 6) is -2.62. The summed E-state index contributed by atoms with van der Waals surface area (Å²) in [5.41, 5.74) is 0.520. The molecule has 90 valence electrons. The van der Waals surface area contributed by atoms with Crippen LogP contribution in [0, 0.1) is 11.6 Å². The predicted octanol–water partition coefficient (Wildman–Crippen LogP) is 0.423. The molecule has 1 aromatic carbocycles. The molecule has 0 unspecified atom stereocenters. The van der Waals surface area contributed by atoms with Gasteiger partial charge < -0.3 is 0 Å². The fourth-order valence-corrected chi connectivity index (χ4v) is 1.70. The van der Waals surface area contributed by atoms with Crippen molar-refractivity contribution in [3.8, 4) is 0 Å². The monoisotopic (exact) mass is 240 g/mol. The second kappa shape index (κ2) is 4.58. The molecule has 0 bridgehead atoms. The lowest BCUT2D eigenvalue weighted by molar-refractivity contribution is -0.136. The first-order valence-corrected chi connectivity index (χ1v) is 5.03. The van der Waals surface area contributed by atoms with Gasteiger partial charge in [0.15, 0.2) is 11.6 Å². The van der Waals surface area contributed by atoms with Crippen LogP contribution < -0.4 is 5.32 Å². The number of hydrogen-bond donors (Lipinski definition) is 1. The Balaban J connectivity index is 2.07. The van der Waals surface area contributed by atoms with E-state index in [1.165, 1.54) is 6.07 Å². The van der Waals surface area contributed by atoms with Crippen molar-refractivity contribution in [2.75, 3.05) is 13.1 Å². The van der Waals surface area contributed by atoms with Crippen LogP contribution in [0.5, 0.6) is 0 Å². The molecule has 0 spiro atoms. The summed E-state index contributed by atoms with van der Waals surface area (Å²) in [5, 5.41) is 2.16. The molecule has 0 aliphatic carbocycles. The van der Waals surface area contributed by atoms with Crippen LogP contribution in [0.25, 0.3) is 0 Å². The number of benzene rings is 1. The van der Waals surface area contributed by atoms with Crippen molar-refractivity contribution in [3.63, 3.8) is 0 Å². The highest BCUT2D eigenvalue weighted by molar-refractivity contribution is 5.99. The van der Waals surface area contributed by atoms with Gasteiger partial charge in [-0.1, -0.05) is 6.07 Å². The number of nitrogens with one attached hydrogen (secondary N) is 1. The van der Waals surface area contributed by atoms with Gasteiger partial charge in [0, 0.05) is 6.54 Å². The highest BCUT2D eigenvalue weighted by Gasteiger charge is 2.22. The minimum Gasteiger partial charge on any atom is -0.294 e. The second-order valence-corrected chi connectivity index (χ2v) is 3.86. The molecular weight excluding hydrogens is 230 g/mol. The summed E-state index contributed by atoms with van der Waals surface area (Å²) in [6.45, 7) is 0.381. The fourth-order valence-electron chi connectivity index (χ4n) is 1.70. The molecule has 0 aromatic heterocycles. The normalized spacial score (nSPS) is 17.1. The zero-order valence-corrected chi connectivity index (χ0v) is 8.87. The largest absolute Gasteiger partial charge is 0.294 e. The lowest BCUT2D eigenvalue weighted by Crippen LogP contribution is -2.50. The van der Waals surface area contributed by atoms with Gasteiger partial charge in [0.2, 0.25) is 11.8 Å². The van der Waals surface area contributed by atoms with Gasteiger partial charge in [-0.25, -0.2) is 8.78 Å². The molecular formula is C11H10F2N2O2. The van der Waals surface area contributed by atoms with Crippen LogP contribution in [-0.4, -0.2) is 29.8 Å². The number of hydrogen-bond acceptors (Lipinski definition) is 3. The molecule has 1 N–H and O–H groups in total. The van der Waals surface area contributed by atoms with Crippen LogP contribution in [0.3, 0.4) is 0 Å². The summed E-state index contributed by atoms with van der Waals surface area (Å²) in [7, 11) is 0. The van der Waals surface area contributed by atoms with Crippen LogP contribution in [0.15, 0.2) is 18.2 Å². The number of halogens is 2. The quantitative estimate of drug-likeness (QED) is 0.762. The smallest absolute Gasteiger partial charge is 0.240 e. The number of carbonyl (C=O) groups is 2. The van der Waals surface area contributed by atoms with Gasteiger partial charge in [-0.3, -0.25) is 19.8 Å². The van der Waals surface area contributed by atoms with Gasteiger partial charge >= 0.3 is 0 Å². The highest BCUT2D eigenvalue weighted by atomic mass is 19.2. The Labute approximate surface area is 96.2 Å². The molecule has 0 atom stereocenters. The van der Waals surface area contributed by atoms with Gasteiger partial charge in [0.05, 0.1) is 13.1 Å². The second-order valence-electron chi connectivity index (χ2n) is 3.86. The van der Waals surface area contributed by atoms with Crippen LogP contribution in [0.1, 0.15) is 5.56 Å². The Kier molecular flexibility index (Phi) is 3.14. The van der Waals surface area contributed by atoms with E-state index in [-0.39, 0.29) is 31.4 Å². The van der Waals surface area contributed by atoms with E-state index in [9.17, 15) is 18.4 Å². The van der Waals surface area contributed by atoms with Crippen molar-refractivity contribution in [2.45, 2.75) is 6.54 Å². The van der Waals surface area contributed by atoms with Crippen LogP contribution in [-0.2, 0) is 16.1 Å². The molecule has 17 heavy (non-hydrogen) atoms. The molecule has 1 fully saturated rings. The molecule has 2 amide bonds. The SMILES string of the molecule is O=C1CN(Cc2ccc(F)c(F)c2)CC(=O)N1. The maximum Gasteiger partial charge on any atom is 0.240 e. The lowest BCUT2D eigenvalue weighted by Gasteiger charge is -2.25. The van der Waals surface area contributed by atoms with Gasteiger partial charge in [-0.2, -0.15) is 0 Å². The first-order chi connectivity index (χ1) is 8.04. The molecule has 1 aliphatic heterocycles. The topological polar surface area (TPSA) is 49.4 Å². The van der Waals surface area contributed by atoms with E-state index in [0.29, 0.717) is 5.56 Å². The molecule has 1 saturated heterocycles. The zero-order chi connectivity index (χ0) is 12.4. The van der Waals surface area contributed by atoms with Crippen molar-refractivity contribution >= 4 is 11.8 Å². The molecule has 2 rings (SSSR count). The third-order valence-corrected chi connectivity index (χ3v) is 2.40. The summed E-state index contributed by atoms with van der Waals surface area (Å²) >= 11 is 0. The van der Waals surface area contributed by atoms with Crippen molar-refractivity contribution in [2.24, 2.45) is 0 Å². The number of amides is 2. The Bertz CT molecular complexity index is 461. The molecule has 0 radical (unpaired) electrons. The van der Waals surface area contributed by atoms with E-state index < -0.39 is 11.6 Å². The summed E-state index contributed by atoms with van der Waals surface area (Å²) in [4.78, 5) is 23.7. The van der Waals surface area contributed by atoms with Crippen molar-refractivity contribution in [1.29, 1.82) is 0 Å². The first kappa shape index (κ1) is 11.7. The number of nitrogens with zero attached hydrogens (tertiary/aromatic N) is 1. The number of piperazine rings is 1. The van der Waals surface area contributed by atoms with E-state index in [0.717, 1.165) is 12.1 Å². The van der Waals surface area contributed by atoms with Crippen molar-refractivity contribution < 1.29 is 18.4 Å². The third-order valence-electron chi connectivity index (χ3n) is 2.40. The minimum absolute atomic E-state index is 0.0741. The van der Waals surface area contributed by atoms with Crippen LogP contribution >= 0.6 is 0 Å². The van der Waals surface area contributed by atoms with E-state index >= 15 is 0 Å². The molecule has 0 saturated carbocycles. The predicted molar refractivity (Wildman–Crippen MR) is 54.8 cm³/mol. The fraction of sp³-hybridized carbons (Fsp3) is 0.273. The Morgan fingerprint density at radius 3 is 2.35 bits per heavy atom. The Hall–Kier alpha value is -1.82. The lowest BCUT2D eigenvalue weighted by atomic mass is 10.2. The average molecular weight is 240 g/mol. The van der Waals surface area contributed by atoms with E-state index in [4.69, 9.17) is 0 Å². The molecule has 1 aromatic rings. The summed E-state index contributed by atoms with van der Waals surface area (Å²) < 4.78 is 25.6. The standard InChI is InChI=1S/C11H10F2N2O2/c12-8-2-1-7(3-9(8)13)4-15-5-10(16)14-11(17)6-15/h1-3H,4-6H2,(H,14,16,17). The van der Waals surface area contributed by atoms with E-state index in [1.54, 1.807) is 4.90 Å². The highest BCUT2D eigenvalue weighted by Crippen LogP contribution is 2.11. The van der Waals surface area contributed by atoms with Crippen LogP contribution in [0.2, 0.25) is 0 Å². The van der Waals surface area contributed by atoms with Gasteiger partial charge in [0.25, 0.3) is 0 Å². The van der Waals surface area contributed by atoms with Crippen LogP contribution in [0.4, 0.5) is 8.78 Å². The minimum atomic E-state index is -0.935.